The average molecular weight is 288 g/mol. The van der Waals surface area contributed by atoms with Crippen molar-refractivity contribution in [3.8, 4) is 22.9 Å². The zero-order chi connectivity index (χ0) is 15.6. The van der Waals surface area contributed by atoms with Gasteiger partial charge in [0.2, 0.25) is 0 Å². The maximum Gasteiger partial charge on any atom is 0.254 e. The molecule has 1 heterocycles. The molecule has 110 valence electrons. The van der Waals surface area contributed by atoms with E-state index in [0.29, 0.717) is 28.6 Å². The van der Waals surface area contributed by atoms with Crippen LogP contribution >= 0.6 is 0 Å². The van der Waals surface area contributed by atoms with E-state index >= 15 is 0 Å². The Labute approximate surface area is 121 Å². The quantitative estimate of drug-likeness (QED) is 0.872. The van der Waals surface area contributed by atoms with Crippen molar-refractivity contribution in [3.05, 3.63) is 29.5 Å². The molecule has 0 atom stereocenters. The second kappa shape index (κ2) is 5.66. The molecule has 1 aromatic carbocycles. The zero-order valence-electron chi connectivity index (χ0n) is 12.0. The molecular formula is C14H16N4O3. The number of aromatic nitrogens is 2. The summed E-state index contributed by atoms with van der Waals surface area (Å²) < 4.78 is 10.4. The second-order valence-electron chi connectivity index (χ2n) is 4.33. The smallest absolute Gasteiger partial charge is 0.254 e. The van der Waals surface area contributed by atoms with E-state index in [-0.39, 0.29) is 11.4 Å². The first-order valence-electron chi connectivity index (χ1n) is 6.14. The summed E-state index contributed by atoms with van der Waals surface area (Å²) in [4.78, 5) is 19.7. The zero-order valence-corrected chi connectivity index (χ0v) is 12.0. The molecule has 0 aliphatic heterocycles. The molecule has 1 amide bonds. The van der Waals surface area contributed by atoms with Crippen LogP contribution in [-0.2, 0) is 0 Å². The van der Waals surface area contributed by atoms with Gasteiger partial charge in [0.05, 0.1) is 19.9 Å². The molecule has 7 heteroatoms. The molecule has 1 aromatic heterocycles. The van der Waals surface area contributed by atoms with E-state index < -0.39 is 5.91 Å². The normalized spacial score (nSPS) is 10.2. The molecule has 0 unspecified atom stereocenters. The highest BCUT2D eigenvalue weighted by Crippen LogP contribution is 2.31. The summed E-state index contributed by atoms with van der Waals surface area (Å²) >= 11 is 0. The Morgan fingerprint density at radius 1 is 1.14 bits per heavy atom. The molecule has 0 bridgehead atoms. The summed E-state index contributed by atoms with van der Waals surface area (Å²) in [5.41, 5.74) is 12.3. The molecule has 2 aromatic rings. The van der Waals surface area contributed by atoms with Gasteiger partial charge in [-0.2, -0.15) is 0 Å². The Morgan fingerprint density at radius 2 is 1.81 bits per heavy atom. The number of nitrogen functional groups attached to an aromatic ring is 1. The fraction of sp³-hybridized carbons (Fsp3) is 0.214. The second-order valence-corrected chi connectivity index (χ2v) is 4.33. The van der Waals surface area contributed by atoms with Gasteiger partial charge in [0.15, 0.2) is 17.3 Å². The molecule has 0 aliphatic rings. The molecule has 21 heavy (non-hydrogen) atoms. The van der Waals surface area contributed by atoms with Crippen LogP contribution in [0.2, 0.25) is 0 Å². The van der Waals surface area contributed by atoms with Crippen LogP contribution in [0.25, 0.3) is 11.4 Å². The average Bonchev–Trinajstić information content (AvgIpc) is 2.45. The van der Waals surface area contributed by atoms with Crippen molar-refractivity contribution in [2.45, 2.75) is 6.92 Å². The molecule has 0 radical (unpaired) electrons. The molecule has 0 saturated carbocycles. The van der Waals surface area contributed by atoms with Crippen LogP contribution in [0, 0.1) is 6.92 Å². The van der Waals surface area contributed by atoms with Crippen molar-refractivity contribution in [1.82, 2.24) is 9.97 Å². The number of hydrogen-bond donors (Lipinski definition) is 2. The van der Waals surface area contributed by atoms with Crippen LogP contribution in [0.5, 0.6) is 11.5 Å². The first-order valence-corrected chi connectivity index (χ1v) is 6.14. The minimum atomic E-state index is -0.649. The van der Waals surface area contributed by atoms with E-state index in [2.05, 4.69) is 9.97 Å². The lowest BCUT2D eigenvalue weighted by Gasteiger charge is -2.11. The first-order chi connectivity index (χ1) is 9.97. The van der Waals surface area contributed by atoms with Gasteiger partial charge in [-0.3, -0.25) is 4.79 Å². The number of nitrogens with zero attached hydrogens (tertiary/aromatic N) is 2. The number of primary amides is 1. The number of anilines is 1. The molecule has 0 aliphatic carbocycles. The van der Waals surface area contributed by atoms with Crippen LogP contribution in [0.1, 0.15) is 16.1 Å². The fourth-order valence-electron chi connectivity index (χ4n) is 2.00. The van der Waals surface area contributed by atoms with Gasteiger partial charge in [0.25, 0.3) is 5.91 Å². The van der Waals surface area contributed by atoms with E-state index in [1.54, 1.807) is 32.2 Å². The van der Waals surface area contributed by atoms with E-state index in [1.165, 1.54) is 7.11 Å². The third-order valence-corrected chi connectivity index (χ3v) is 3.01. The van der Waals surface area contributed by atoms with Crippen LogP contribution in [0.15, 0.2) is 18.2 Å². The van der Waals surface area contributed by atoms with E-state index in [4.69, 9.17) is 20.9 Å². The maximum atomic E-state index is 11.3. The van der Waals surface area contributed by atoms with Crippen LogP contribution < -0.4 is 20.9 Å². The highest BCUT2D eigenvalue weighted by Gasteiger charge is 2.16. The summed E-state index contributed by atoms with van der Waals surface area (Å²) in [7, 11) is 3.09. The molecule has 0 saturated heterocycles. The number of nitrogens with two attached hydrogens (primary N) is 2. The Kier molecular flexibility index (Phi) is 3.93. The summed E-state index contributed by atoms with van der Waals surface area (Å²) in [6.07, 6.45) is 0. The van der Waals surface area contributed by atoms with Gasteiger partial charge >= 0.3 is 0 Å². The van der Waals surface area contributed by atoms with Crippen LogP contribution in [0.4, 0.5) is 5.82 Å². The van der Waals surface area contributed by atoms with Gasteiger partial charge < -0.3 is 20.9 Å². The Hall–Kier alpha value is -2.83. The maximum absolute atomic E-state index is 11.3. The highest BCUT2D eigenvalue weighted by molar-refractivity contribution is 5.98. The number of carbonyl (C=O) groups excluding carboxylic acids is 1. The Balaban J connectivity index is 2.55. The lowest BCUT2D eigenvalue weighted by Crippen LogP contribution is -2.17. The molecule has 4 N–H and O–H groups in total. The number of methoxy groups -OCH3 is 2. The minimum absolute atomic E-state index is 0.0554. The Morgan fingerprint density at radius 3 is 2.33 bits per heavy atom. The number of aryl methyl sites for hydroxylation is 1. The van der Waals surface area contributed by atoms with Crippen LogP contribution in [-0.4, -0.2) is 30.1 Å². The predicted octanol–water partition coefficient (Wildman–Crippen LogP) is 1.15. The lowest BCUT2D eigenvalue weighted by molar-refractivity contribution is 0.1000. The molecule has 2 rings (SSSR count). The summed E-state index contributed by atoms with van der Waals surface area (Å²) in [6.45, 7) is 1.66. The third kappa shape index (κ3) is 2.71. The number of amides is 1. The van der Waals surface area contributed by atoms with Crippen molar-refractivity contribution >= 4 is 11.7 Å². The number of rotatable bonds is 4. The van der Waals surface area contributed by atoms with Gasteiger partial charge in [-0.05, 0) is 25.1 Å². The predicted molar refractivity (Wildman–Crippen MR) is 78.2 cm³/mol. The van der Waals surface area contributed by atoms with Gasteiger partial charge in [-0.1, -0.05) is 0 Å². The number of carbonyl (C=O) groups is 1. The summed E-state index contributed by atoms with van der Waals surface area (Å²) in [5.74, 6) is 0.938. The monoisotopic (exact) mass is 288 g/mol. The van der Waals surface area contributed by atoms with Gasteiger partial charge in [-0.15, -0.1) is 0 Å². The Bertz CT molecular complexity index is 678. The number of ether oxygens (including phenoxy) is 2. The van der Waals surface area contributed by atoms with E-state index in [0.717, 1.165) is 0 Å². The third-order valence-electron chi connectivity index (χ3n) is 3.01. The molecule has 7 nitrogen and oxygen atoms in total. The number of benzene rings is 1. The van der Waals surface area contributed by atoms with Crippen LogP contribution in [0.3, 0.4) is 0 Å². The fourth-order valence-corrected chi connectivity index (χ4v) is 2.00. The van der Waals surface area contributed by atoms with Crippen molar-refractivity contribution in [2.24, 2.45) is 5.73 Å². The SMILES string of the molecule is COc1ccc(-c2nc(C)c(C(N)=O)c(N)n2)cc1OC. The highest BCUT2D eigenvalue weighted by atomic mass is 16.5. The van der Waals surface area contributed by atoms with Gasteiger partial charge in [0, 0.05) is 5.56 Å². The molecular weight excluding hydrogens is 272 g/mol. The van der Waals surface area contributed by atoms with E-state index in [9.17, 15) is 4.79 Å². The first kappa shape index (κ1) is 14.6. The largest absolute Gasteiger partial charge is 0.493 e. The standard InChI is InChI=1S/C14H16N4O3/c1-7-11(13(16)19)12(15)18-14(17-7)8-4-5-9(20-2)10(6-8)21-3/h4-6H,1-3H3,(H2,16,19)(H2,15,17,18). The summed E-state index contributed by atoms with van der Waals surface area (Å²) in [6, 6.07) is 5.25. The van der Waals surface area contributed by atoms with Crippen molar-refractivity contribution in [2.75, 3.05) is 20.0 Å². The molecule has 0 spiro atoms. The van der Waals surface area contributed by atoms with E-state index in [1.807, 2.05) is 0 Å². The number of hydrogen-bond acceptors (Lipinski definition) is 6. The van der Waals surface area contributed by atoms with Crippen molar-refractivity contribution < 1.29 is 14.3 Å². The summed E-state index contributed by atoms with van der Waals surface area (Å²) in [5, 5.41) is 0. The van der Waals surface area contributed by atoms with Crippen molar-refractivity contribution in [1.29, 1.82) is 0 Å². The molecule has 0 fully saturated rings. The minimum Gasteiger partial charge on any atom is -0.493 e. The van der Waals surface area contributed by atoms with Gasteiger partial charge in [-0.25, -0.2) is 9.97 Å². The van der Waals surface area contributed by atoms with Crippen molar-refractivity contribution in [3.63, 3.8) is 0 Å². The van der Waals surface area contributed by atoms with Gasteiger partial charge in [0.1, 0.15) is 11.4 Å². The lowest BCUT2D eigenvalue weighted by atomic mass is 10.1. The topological polar surface area (TPSA) is 113 Å².